The highest BCUT2D eigenvalue weighted by Gasteiger charge is 2.49. The first-order valence-corrected chi connectivity index (χ1v) is 4.79. The molecule has 1 aliphatic rings. The first-order valence-electron chi connectivity index (χ1n) is 4.79. The van der Waals surface area contributed by atoms with Crippen LogP contribution in [-0.4, -0.2) is 11.2 Å². The van der Waals surface area contributed by atoms with Crippen molar-refractivity contribution in [1.82, 2.24) is 0 Å². The van der Waals surface area contributed by atoms with Crippen LogP contribution in [0.5, 0.6) is 0 Å². The summed E-state index contributed by atoms with van der Waals surface area (Å²) in [5.41, 5.74) is 1.44. The van der Waals surface area contributed by atoms with Gasteiger partial charge in [0.05, 0.1) is 18.6 Å². The molecule has 2 rings (SSSR count). The second kappa shape index (κ2) is 2.88. The third-order valence-corrected chi connectivity index (χ3v) is 3.08. The van der Waals surface area contributed by atoms with Crippen LogP contribution in [-0.2, 0) is 6.42 Å². The van der Waals surface area contributed by atoms with Gasteiger partial charge in [-0.05, 0) is 29.4 Å². The van der Waals surface area contributed by atoms with E-state index < -0.39 is 0 Å². The van der Waals surface area contributed by atoms with Crippen molar-refractivity contribution in [3.63, 3.8) is 0 Å². The minimum Gasteiger partial charge on any atom is -0.472 e. The summed E-state index contributed by atoms with van der Waals surface area (Å²) in [5.74, 6) is 0.474. The van der Waals surface area contributed by atoms with E-state index in [0.717, 1.165) is 18.4 Å². The van der Waals surface area contributed by atoms with Gasteiger partial charge < -0.3 is 9.52 Å². The summed E-state index contributed by atoms with van der Waals surface area (Å²) in [6, 6.07) is 1.92. The zero-order valence-corrected chi connectivity index (χ0v) is 8.16. The summed E-state index contributed by atoms with van der Waals surface area (Å²) in [5, 5.41) is 9.85. The maximum atomic E-state index is 9.85. The van der Waals surface area contributed by atoms with E-state index in [0.29, 0.717) is 11.3 Å². The standard InChI is InChI=1S/C11H16O2/c1-11(2)6-9(11)10(12)5-8-3-4-13-7-8/h3-4,7,9-10,12H,5-6H2,1-2H3. The van der Waals surface area contributed by atoms with Crippen molar-refractivity contribution >= 4 is 0 Å². The largest absolute Gasteiger partial charge is 0.472 e. The summed E-state index contributed by atoms with van der Waals surface area (Å²) in [4.78, 5) is 0. The molecule has 0 radical (unpaired) electrons. The predicted octanol–water partition coefficient (Wildman–Crippen LogP) is 2.23. The van der Waals surface area contributed by atoms with Crippen LogP contribution in [0.1, 0.15) is 25.8 Å². The summed E-state index contributed by atoms with van der Waals surface area (Å²) in [6.07, 6.45) is 5.03. The SMILES string of the molecule is CC1(C)CC1C(O)Cc1ccoc1. The first kappa shape index (κ1) is 8.82. The van der Waals surface area contributed by atoms with Crippen molar-refractivity contribution in [3.05, 3.63) is 24.2 Å². The smallest absolute Gasteiger partial charge is 0.0935 e. The Bertz CT molecular complexity index is 274. The molecule has 1 aliphatic carbocycles. The molecule has 72 valence electrons. The molecule has 0 aliphatic heterocycles. The molecular weight excluding hydrogens is 164 g/mol. The van der Waals surface area contributed by atoms with Crippen LogP contribution in [0.25, 0.3) is 0 Å². The maximum absolute atomic E-state index is 9.85. The Morgan fingerprint density at radius 2 is 2.38 bits per heavy atom. The van der Waals surface area contributed by atoms with Crippen LogP contribution in [0.2, 0.25) is 0 Å². The number of hydrogen-bond acceptors (Lipinski definition) is 2. The molecule has 0 saturated heterocycles. The van der Waals surface area contributed by atoms with Crippen molar-refractivity contribution < 1.29 is 9.52 Å². The minimum absolute atomic E-state index is 0.201. The molecule has 2 unspecified atom stereocenters. The van der Waals surface area contributed by atoms with Gasteiger partial charge in [-0.1, -0.05) is 13.8 Å². The average Bonchev–Trinajstić information content (AvgIpc) is 2.49. The Balaban J connectivity index is 1.90. The zero-order chi connectivity index (χ0) is 9.47. The Hall–Kier alpha value is -0.760. The number of furan rings is 1. The molecular formula is C11H16O2. The van der Waals surface area contributed by atoms with E-state index in [2.05, 4.69) is 13.8 Å². The third kappa shape index (κ3) is 1.78. The highest BCUT2D eigenvalue weighted by molar-refractivity contribution is 5.10. The second-order valence-corrected chi connectivity index (χ2v) is 4.70. The van der Waals surface area contributed by atoms with Gasteiger partial charge in [0, 0.05) is 6.42 Å². The Morgan fingerprint density at radius 1 is 1.69 bits per heavy atom. The van der Waals surface area contributed by atoms with Crippen LogP contribution in [0.3, 0.4) is 0 Å². The van der Waals surface area contributed by atoms with E-state index in [1.165, 1.54) is 0 Å². The Morgan fingerprint density at radius 3 is 2.85 bits per heavy atom. The van der Waals surface area contributed by atoms with Gasteiger partial charge in [0.25, 0.3) is 0 Å². The average molecular weight is 180 g/mol. The molecule has 1 fully saturated rings. The van der Waals surface area contributed by atoms with E-state index in [4.69, 9.17) is 4.42 Å². The van der Waals surface area contributed by atoms with Gasteiger partial charge >= 0.3 is 0 Å². The molecule has 1 heterocycles. The topological polar surface area (TPSA) is 33.4 Å². The van der Waals surface area contributed by atoms with Gasteiger partial charge in [-0.2, -0.15) is 0 Å². The van der Waals surface area contributed by atoms with E-state index in [9.17, 15) is 5.11 Å². The summed E-state index contributed by atoms with van der Waals surface area (Å²) in [6.45, 7) is 4.41. The fourth-order valence-electron chi connectivity index (χ4n) is 1.96. The summed E-state index contributed by atoms with van der Waals surface area (Å²) in [7, 11) is 0. The van der Waals surface area contributed by atoms with E-state index in [-0.39, 0.29) is 6.10 Å². The number of aliphatic hydroxyl groups excluding tert-OH is 1. The van der Waals surface area contributed by atoms with Crippen LogP contribution >= 0.6 is 0 Å². The van der Waals surface area contributed by atoms with Crippen molar-refractivity contribution in [2.45, 2.75) is 32.8 Å². The molecule has 0 spiro atoms. The molecule has 0 aromatic carbocycles. The zero-order valence-electron chi connectivity index (χ0n) is 8.16. The van der Waals surface area contributed by atoms with Crippen LogP contribution in [0.4, 0.5) is 0 Å². The Labute approximate surface area is 78.6 Å². The molecule has 0 amide bonds. The first-order chi connectivity index (χ1) is 6.09. The molecule has 1 N–H and O–H groups in total. The van der Waals surface area contributed by atoms with E-state index >= 15 is 0 Å². The molecule has 1 aromatic rings. The van der Waals surface area contributed by atoms with Crippen LogP contribution < -0.4 is 0 Å². The summed E-state index contributed by atoms with van der Waals surface area (Å²) >= 11 is 0. The number of aliphatic hydroxyl groups is 1. The lowest BCUT2D eigenvalue weighted by Gasteiger charge is -2.10. The number of rotatable bonds is 3. The number of hydrogen-bond donors (Lipinski definition) is 1. The Kier molecular flexibility index (Phi) is 1.95. The van der Waals surface area contributed by atoms with Gasteiger partial charge in [-0.25, -0.2) is 0 Å². The van der Waals surface area contributed by atoms with Gasteiger partial charge in [-0.15, -0.1) is 0 Å². The van der Waals surface area contributed by atoms with Gasteiger partial charge in [0.1, 0.15) is 0 Å². The van der Waals surface area contributed by atoms with Crippen LogP contribution in [0, 0.1) is 11.3 Å². The monoisotopic (exact) mass is 180 g/mol. The molecule has 13 heavy (non-hydrogen) atoms. The molecule has 1 aromatic heterocycles. The van der Waals surface area contributed by atoms with Gasteiger partial charge in [0.15, 0.2) is 0 Å². The predicted molar refractivity (Wildman–Crippen MR) is 50.3 cm³/mol. The normalized spacial score (nSPS) is 27.2. The highest BCUT2D eigenvalue weighted by Crippen LogP contribution is 2.53. The molecule has 2 heteroatoms. The van der Waals surface area contributed by atoms with E-state index in [1.54, 1.807) is 12.5 Å². The quantitative estimate of drug-likeness (QED) is 0.773. The van der Waals surface area contributed by atoms with Crippen molar-refractivity contribution in [1.29, 1.82) is 0 Å². The van der Waals surface area contributed by atoms with E-state index in [1.807, 2.05) is 6.07 Å². The van der Waals surface area contributed by atoms with Crippen molar-refractivity contribution in [2.24, 2.45) is 11.3 Å². The third-order valence-electron chi connectivity index (χ3n) is 3.08. The minimum atomic E-state index is -0.201. The maximum Gasteiger partial charge on any atom is 0.0935 e. The lowest BCUT2D eigenvalue weighted by Crippen LogP contribution is -2.15. The van der Waals surface area contributed by atoms with Crippen LogP contribution in [0.15, 0.2) is 23.0 Å². The fourth-order valence-corrected chi connectivity index (χ4v) is 1.96. The second-order valence-electron chi connectivity index (χ2n) is 4.70. The van der Waals surface area contributed by atoms with Gasteiger partial charge in [-0.3, -0.25) is 0 Å². The molecule has 2 nitrogen and oxygen atoms in total. The summed E-state index contributed by atoms with van der Waals surface area (Å²) < 4.78 is 4.96. The molecule has 2 atom stereocenters. The van der Waals surface area contributed by atoms with Gasteiger partial charge in [0.2, 0.25) is 0 Å². The fraction of sp³-hybridized carbons (Fsp3) is 0.636. The molecule has 0 bridgehead atoms. The van der Waals surface area contributed by atoms with Crippen molar-refractivity contribution in [2.75, 3.05) is 0 Å². The molecule has 1 saturated carbocycles. The lowest BCUT2D eigenvalue weighted by molar-refractivity contribution is 0.136. The van der Waals surface area contributed by atoms with Crippen molar-refractivity contribution in [3.8, 4) is 0 Å². The lowest BCUT2D eigenvalue weighted by atomic mass is 10.0. The highest BCUT2D eigenvalue weighted by atomic mass is 16.3.